The van der Waals surface area contributed by atoms with Crippen molar-refractivity contribution in [2.24, 2.45) is 0 Å². The molecule has 0 aliphatic carbocycles. The predicted octanol–water partition coefficient (Wildman–Crippen LogP) is 3.31. The summed E-state index contributed by atoms with van der Waals surface area (Å²) in [5.74, 6) is -0.317. The van der Waals surface area contributed by atoms with Gasteiger partial charge in [0, 0.05) is 55.9 Å². The van der Waals surface area contributed by atoms with Crippen molar-refractivity contribution in [1.29, 1.82) is 5.26 Å². The Bertz CT molecular complexity index is 1060. The number of pyridine rings is 1. The second-order valence-corrected chi connectivity index (χ2v) is 7.44. The van der Waals surface area contributed by atoms with E-state index in [0.717, 1.165) is 48.5 Å². The van der Waals surface area contributed by atoms with Gasteiger partial charge in [-0.25, -0.2) is 4.79 Å². The molecule has 1 fully saturated rings. The number of aromatic nitrogens is 1. The largest absolute Gasteiger partial charge is 0.465 e. The number of hydrogen-bond donors (Lipinski definition) is 0. The number of fused-ring (bicyclic) bond motifs is 1. The molecule has 1 aliphatic heterocycles. The van der Waals surface area contributed by atoms with Gasteiger partial charge in [-0.1, -0.05) is 6.07 Å². The van der Waals surface area contributed by atoms with Gasteiger partial charge in [0.25, 0.3) is 0 Å². The summed E-state index contributed by atoms with van der Waals surface area (Å²) in [5.41, 5.74) is 4.46. The fourth-order valence-electron chi connectivity index (χ4n) is 4.04. The van der Waals surface area contributed by atoms with Gasteiger partial charge in [0.1, 0.15) is 6.07 Å². The number of rotatable bonds is 4. The third-order valence-corrected chi connectivity index (χ3v) is 5.67. The summed E-state index contributed by atoms with van der Waals surface area (Å²) in [4.78, 5) is 16.4. The summed E-state index contributed by atoms with van der Waals surface area (Å²) in [7, 11) is 1.39. The Hall–Kier alpha value is -3.30. The van der Waals surface area contributed by atoms with Crippen LogP contribution in [0, 0.1) is 11.3 Å². The highest BCUT2D eigenvalue weighted by molar-refractivity contribution is 5.89. The van der Waals surface area contributed by atoms with Crippen LogP contribution < -0.4 is 4.90 Å². The van der Waals surface area contributed by atoms with Gasteiger partial charge < -0.3 is 14.0 Å². The van der Waals surface area contributed by atoms with Crippen molar-refractivity contribution in [3.8, 4) is 6.07 Å². The number of carbonyl (C=O) groups is 1. The average Bonchev–Trinajstić information content (AvgIpc) is 3.11. The molecule has 29 heavy (non-hydrogen) atoms. The molecule has 2 aromatic heterocycles. The predicted molar refractivity (Wildman–Crippen MR) is 112 cm³/mol. The molecule has 1 atom stereocenters. The van der Waals surface area contributed by atoms with Gasteiger partial charge in [-0.2, -0.15) is 5.26 Å². The van der Waals surface area contributed by atoms with Crippen LogP contribution in [0.15, 0.2) is 54.9 Å². The van der Waals surface area contributed by atoms with Gasteiger partial charge in [-0.15, -0.1) is 0 Å². The quantitative estimate of drug-likeness (QED) is 0.642. The van der Waals surface area contributed by atoms with Crippen molar-refractivity contribution in [1.82, 2.24) is 9.30 Å². The van der Waals surface area contributed by atoms with Gasteiger partial charge in [-0.05, 0) is 43.3 Å². The fraction of sp³-hybridized carbons (Fsp3) is 0.304. The molecule has 0 amide bonds. The Labute approximate surface area is 170 Å². The number of hydrogen-bond acceptors (Lipinski definition) is 5. The van der Waals surface area contributed by atoms with Crippen LogP contribution in [-0.4, -0.2) is 48.1 Å². The molecule has 3 aromatic rings. The number of benzene rings is 1. The molecule has 6 heteroatoms. The smallest absolute Gasteiger partial charge is 0.337 e. The minimum Gasteiger partial charge on any atom is -0.465 e. The zero-order chi connectivity index (χ0) is 20.4. The maximum Gasteiger partial charge on any atom is 0.337 e. The third kappa shape index (κ3) is 3.69. The van der Waals surface area contributed by atoms with E-state index in [-0.39, 0.29) is 5.97 Å². The molecule has 1 unspecified atom stereocenters. The maximum atomic E-state index is 11.6. The van der Waals surface area contributed by atoms with E-state index < -0.39 is 0 Å². The van der Waals surface area contributed by atoms with Crippen LogP contribution in [0.5, 0.6) is 0 Å². The standard InChI is InChI=1S/C23H24N4O2/c1-17-14-26(20-8-6-18(7-9-20)23(28)29-2)12-11-25(17)15-19-16-27-10-4-3-5-22(27)21(19)13-24/h3-10,16-17H,11-12,14-15H2,1-2H3. The molecule has 148 valence electrons. The second kappa shape index (κ2) is 7.98. The monoisotopic (exact) mass is 388 g/mol. The lowest BCUT2D eigenvalue weighted by Gasteiger charge is -2.41. The van der Waals surface area contributed by atoms with E-state index in [0.29, 0.717) is 11.6 Å². The third-order valence-electron chi connectivity index (χ3n) is 5.67. The minimum absolute atomic E-state index is 0.317. The van der Waals surface area contributed by atoms with E-state index in [2.05, 4.69) is 29.0 Å². The molecule has 1 aromatic carbocycles. The first-order valence-electron chi connectivity index (χ1n) is 9.76. The van der Waals surface area contributed by atoms with Gasteiger partial charge in [0.2, 0.25) is 0 Å². The highest BCUT2D eigenvalue weighted by Crippen LogP contribution is 2.24. The molecule has 0 bridgehead atoms. The zero-order valence-electron chi connectivity index (χ0n) is 16.7. The molecular weight excluding hydrogens is 364 g/mol. The summed E-state index contributed by atoms with van der Waals surface area (Å²) >= 11 is 0. The van der Waals surface area contributed by atoms with Crippen molar-refractivity contribution in [3.05, 3.63) is 71.5 Å². The summed E-state index contributed by atoms with van der Waals surface area (Å²) in [6.07, 6.45) is 4.05. The number of ether oxygens (including phenoxy) is 1. The molecule has 4 rings (SSSR count). The molecular formula is C23H24N4O2. The van der Waals surface area contributed by atoms with Crippen LogP contribution in [0.2, 0.25) is 0 Å². The van der Waals surface area contributed by atoms with Crippen LogP contribution in [0.4, 0.5) is 5.69 Å². The molecule has 0 radical (unpaired) electrons. The first-order valence-corrected chi connectivity index (χ1v) is 9.76. The normalized spacial score (nSPS) is 17.3. The number of nitriles is 1. The number of esters is 1. The summed E-state index contributed by atoms with van der Waals surface area (Å²) in [5, 5.41) is 9.65. The minimum atomic E-state index is -0.317. The van der Waals surface area contributed by atoms with Crippen molar-refractivity contribution in [2.75, 3.05) is 31.6 Å². The maximum absolute atomic E-state index is 11.6. The first-order chi connectivity index (χ1) is 14.1. The number of methoxy groups -OCH3 is 1. The van der Waals surface area contributed by atoms with Crippen molar-refractivity contribution >= 4 is 17.2 Å². The Morgan fingerprint density at radius 1 is 1.21 bits per heavy atom. The summed E-state index contributed by atoms with van der Waals surface area (Å²) in [6, 6.07) is 16.2. The lowest BCUT2D eigenvalue weighted by Crippen LogP contribution is -2.51. The SMILES string of the molecule is COC(=O)c1ccc(N2CCN(Cc3cn4ccccc4c3C#N)C(C)C2)cc1. The number of carbonyl (C=O) groups excluding carboxylic acids is 1. The van der Waals surface area contributed by atoms with E-state index in [4.69, 9.17) is 4.74 Å². The first kappa shape index (κ1) is 19.0. The van der Waals surface area contributed by atoms with E-state index in [1.165, 1.54) is 7.11 Å². The zero-order valence-corrected chi connectivity index (χ0v) is 16.7. The number of nitrogens with zero attached hydrogens (tertiary/aromatic N) is 4. The lowest BCUT2D eigenvalue weighted by atomic mass is 10.1. The van der Waals surface area contributed by atoms with Gasteiger partial charge >= 0.3 is 5.97 Å². The topological polar surface area (TPSA) is 61.0 Å². The second-order valence-electron chi connectivity index (χ2n) is 7.44. The van der Waals surface area contributed by atoms with Gasteiger partial charge in [0.05, 0.1) is 23.8 Å². The Morgan fingerprint density at radius 2 is 2.00 bits per heavy atom. The van der Waals surface area contributed by atoms with E-state index in [1.807, 2.05) is 53.1 Å². The molecule has 1 saturated heterocycles. The molecule has 0 spiro atoms. The molecule has 0 saturated carbocycles. The molecule has 0 N–H and O–H groups in total. The van der Waals surface area contributed by atoms with Crippen molar-refractivity contribution < 1.29 is 9.53 Å². The van der Waals surface area contributed by atoms with E-state index in [1.54, 1.807) is 0 Å². The van der Waals surface area contributed by atoms with Crippen LogP contribution in [0.1, 0.15) is 28.4 Å². The Morgan fingerprint density at radius 3 is 2.69 bits per heavy atom. The van der Waals surface area contributed by atoms with Gasteiger partial charge in [0.15, 0.2) is 0 Å². The van der Waals surface area contributed by atoms with Crippen LogP contribution >= 0.6 is 0 Å². The molecule has 6 nitrogen and oxygen atoms in total. The Balaban J connectivity index is 1.46. The van der Waals surface area contributed by atoms with E-state index >= 15 is 0 Å². The fourth-order valence-corrected chi connectivity index (χ4v) is 4.04. The Kier molecular flexibility index (Phi) is 5.24. The molecule has 1 aliphatic rings. The van der Waals surface area contributed by atoms with Crippen LogP contribution in [-0.2, 0) is 11.3 Å². The van der Waals surface area contributed by atoms with Crippen molar-refractivity contribution in [3.63, 3.8) is 0 Å². The van der Waals surface area contributed by atoms with Crippen LogP contribution in [0.25, 0.3) is 5.52 Å². The summed E-state index contributed by atoms with van der Waals surface area (Å²) in [6.45, 7) is 5.69. The lowest BCUT2D eigenvalue weighted by molar-refractivity contribution is 0.0600. The summed E-state index contributed by atoms with van der Waals surface area (Å²) < 4.78 is 6.79. The van der Waals surface area contributed by atoms with Gasteiger partial charge in [-0.3, -0.25) is 4.90 Å². The van der Waals surface area contributed by atoms with Crippen LogP contribution in [0.3, 0.4) is 0 Å². The van der Waals surface area contributed by atoms with E-state index in [9.17, 15) is 10.1 Å². The van der Waals surface area contributed by atoms with Crippen molar-refractivity contribution in [2.45, 2.75) is 19.5 Å². The highest BCUT2D eigenvalue weighted by Gasteiger charge is 2.25. The average molecular weight is 388 g/mol. The number of anilines is 1. The highest BCUT2D eigenvalue weighted by atomic mass is 16.5. The number of piperazine rings is 1. The molecule has 3 heterocycles.